The van der Waals surface area contributed by atoms with Crippen LogP contribution in [0.2, 0.25) is 0 Å². The van der Waals surface area contributed by atoms with E-state index in [1.165, 1.54) is 50.2 Å². The van der Waals surface area contributed by atoms with Gasteiger partial charge < -0.3 is 29.2 Å². The van der Waals surface area contributed by atoms with Crippen LogP contribution in [0.1, 0.15) is 13.8 Å². The largest absolute Gasteiger partial charge is 0.489 e. The zero-order chi connectivity index (χ0) is 22.3. The van der Waals surface area contributed by atoms with Crippen molar-refractivity contribution in [1.29, 1.82) is 0 Å². The van der Waals surface area contributed by atoms with Crippen molar-refractivity contribution < 1.29 is 36.6 Å². The van der Waals surface area contributed by atoms with Crippen LogP contribution in [-0.2, 0) is 31.7 Å². The minimum absolute atomic E-state index is 0.0296. The lowest BCUT2D eigenvalue weighted by Gasteiger charge is -2.13. The van der Waals surface area contributed by atoms with Crippen molar-refractivity contribution in [3.05, 3.63) is 36.4 Å². The molecule has 30 heavy (non-hydrogen) atoms. The monoisotopic (exact) mass is 456 g/mol. The number of amides is 2. The minimum atomic E-state index is -2.35. The van der Waals surface area contributed by atoms with Crippen molar-refractivity contribution in [3.63, 3.8) is 0 Å². The molecule has 0 aliphatic heterocycles. The molecule has 4 N–H and O–H groups in total. The van der Waals surface area contributed by atoms with Crippen LogP contribution in [0.15, 0.2) is 46.2 Å². The fourth-order valence-electron chi connectivity index (χ4n) is 2.39. The first-order valence-electron chi connectivity index (χ1n) is 8.48. The van der Waals surface area contributed by atoms with E-state index in [-0.39, 0.29) is 46.3 Å². The summed E-state index contributed by atoms with van der Waals surface area (Å²) in [4.78, 5) is 22.2. The van der Waals surface area contributed by atoms with Gasteiger partial charge in [0.25, 0.3) is 0 Å². The highest BCUT2D eigenvalue weighted by Crippen LogP contribution is 2.27. The second-order valence-electron chi connectivity index (χ2n) is 5.88. The van der Waals surface area contributed by atoms with Gasteiger partial charge in [-0.3, -0.25) is 9.59 Å². The van der Waals surface area contributed by atoms with E-state index in [1.807, 2.05) is 0 Å². The van der Waals surface area contributed by atoms with Crippen LogP contribution in [0.25, 0.3) is 0 Å². The quantitative estimate of drug-likeness (QED) is 0.331. The third kappa shape index (κ3) is 6.91. The lowest BCUT2D eigenvalue weighted by Crippen LogP contribution is -2.12. The highest BCUT2D eigenvalue weighted by atomic mass is 32.2. The van der Waals surface area contributed by atoms with E-state index < -0.39 is 22.2 Å². The molecule has 0 saturated heterocycles. The van der Waals surface area contributed by atoms with Crippen molar-refractivity contribution in [2.24, 2.45) is 0 Å². The SMILES string of the molecule is CC(=O)Nc1ccc(OCCOc2ccc(NC(C)=O)cc2S(=O)O)c(S(=O)O)c1. The Bertz CT molecular complexity index is 917. The smallest absolute Gasteiger partial charge is 0.221 e. The Morgan fingerprint density at radius 3 is 1.47 bits per heavy atom. The van der Waals surface area contributed by atoms with Gasteiger partial charge in [0.1, 0.15) is 34.5 Å². The van der Waals surface area contributed by atoms with E-state index in [1.54, 1.807) is 0 Å². The molecule has 2 aromatic rings. The predicted molar refractivity (Wildman–Crippen MR) is 111 cm³/mol. The Balaban J connectivity index is 2.04. The number of carbonyl (C=O) groups is 2. The van der Waals surface area contributed by atoms with Gasteiger partial charge in [0, 0.05) is 25.2 Å². The summed E-state index contributed by atoms with van der Waals surface area (Å²) >= 11 is -4.70. The fourth-order valence-corrected chi connectivity index (χ4v) is 3.45. The van der Waals surface area contributed by atoms with Crippen LogP contribution < -0.4 is 20.1 Å². The lowest BCUT2D eigenvalue weighted by molar-refractivity contribution is -0.115. The Morgan fingerprint density at radius 1 is 0.800 bits per heavy atom. The second kappa shape index (κ2) is 10.8. The van der Waals surface area contributed by atoms with Crippen LogP contribution >= 0.6 is 0 Å². The molecular weight excluding hydrogens is 436 g/mol. The number of nitrogens with one attached hydrogen (secondary N) is 2. The number of hydrogen-bond donors (Lipinski definition) is 4. The first kappa shape index (κ1) is 23.5. The van der Waals surface area contributed by atoms with Gasteiger partial charge in [-0.1, -0.05) is 0 Å². The average molecular weight is 456 g/mol. The van der Waals surface area contributed by atoms with E-state index in [9.17, 15) is 27.1 Å². The van der Waals surface area contributed by atoms with E-state index in [0.717, 1.165) is 0 Å². The van der Waals surface area contributed by atoms with Gasteiger partial charge in [0.2, 0.25) is 11.8 Å². The summed E-state index contributed by atoms with van der Waals surface area (Å²) in [7, 11) is 0. The number of hydrogen-bond acceptors (Lipinski definition) is 6. The van der Waals surface area contributed by atoms with Gasteiger partial charge in [-0.15, -0.1) is 0 Å². The molecule has 2 rings (SSSR count). The maximum atomic E-state index is 11.5. The first-order chi connectivity index (χ1) is 14.2. The van der Waals surface area contributed by atoms with Gasteiger partial charge in [-0.05, 0) is 36.4 Å². The molecule has 0 spiro atoms. The van der Waals surface area contributed by atoms with Crippen LogP contribution in [0.3, 0.4) is 0 Å². The van der Waals surface area contributed by atoms with E-state index in [0.29, 0.717) is 11.4 Å². The maximum Gasteiger partial charge on any atom is 0.221 e. The molecule has 12 heteroatoms. The zero-order valence-corrected chi connectivity index (χ0v) is 17.7. The summed E-state index contributed by atoms with van der Waals surface area (Å²) < 4.78 is 52.9. The number of carbonyl (C=O) groups excluding carboxylic acids is 2. The molecule has 0 heterocycles. The lowest BCUT2D eigenvalue weighted by atomic mass is 10.3. The summed E-state index contributed by atoms with van der Waals surface area (Å²) in [6, 6.07) is 8.54. The van der Waals surface area contributed by atoms with Crippen molar-refractivity contribution >= 4 is 45.4 Å². The number of benzene rings is 2. The molecule has 2 amide bonds. The molecule has 0 radical (unpaired) electrons. The molecule has 2 aromatic carbocycles. The van der Waals surface area contributed by atoms with Gasteiger partial charge in [0.05, 0.1) is 0 Å². The van der Waals surface area contributed by atoms with Crippen LogP contribution in [0, 0.1) is 0 Å². The summed E-state index contributed by atoms with van der Waals surface area (Å²) in [6.07, 6.45) is 0. The zero-order valence-electron chi connectivity index (χ0n) is 16.0. The molecule has 0 aromatic heterocycles. The van der Waals surface area contributed by atoms with Gasteiger partial charge in [0.15, 0.2) is 22.2 Å². The van der Waals surface area contributed by atoms with E-state index in [2.05, 4.69) is 10.6 Å². The second-order valence-corrected chi connectivity index (χ2v) is 7.76. The molecule has 0 saturated carbocycles. The molecule has 0 fully saturated rings. The summed E-state index contributed by atoms with van der Waals surface area (Å²) in [5.41, 5.74) is 0.690. The number of anilines is 2. The third-order valence-corrected chi connectivity index (χ3v) is 4.89. The van der Waals surface area contributed by atoms with Crippen molar-refractivity contribution in [2.75, 3.05) is 23.8 Å². The van der Waals surface area contributed by atoms with Gasteiger partial charge in [-0.25, -0.2) is 8.42 Å². The topological polar surface area (TPSA) is 151 Å². The molecule has 10 nitrogen and oxygen atoms in total. The molecule has 0 bridgehead atoms. The normalized spacial score (nSPS) is 12.5. The van der Waals surface area contributed by atoms with E-state index >= 15 is 0 Å². The summed E-state index contributed by atoms with van der Waals surface area (Å²) in [5.74, 6) is -0.400. The molecule has 2 atom stereocenters. The van der Waals surface area contributed by atoms with Crippen molar-refractivity contribution in [3.8, 4) is 11.5 Å². The summed E-state index contributed by atoms with van der Waals surface area (Å²) in [5, 5.41) is 5.01. The molecular formula is C18H20N2O8S2. The third-order valence-electron chi connectivity index (χ3n) is 3.50. The van der Waals surface area contributed by atoms with Crippen molar-refractivity contribution in [2.45, 2.75) is 23.6 Å². The molecule has 2 unspecified atom stereocenters. The van der Waals surface area contributed by atoms with Gasteiger partial charge >= 0.3 is 0 Å². The van der Waals surface area contributed by atoms with E-state index in [4.69, 9.17) is 9.47 Å². The Hall–Kier alpha value is -2.80. The number of ether oxygens (including phenoxy) is 2. The van der Waals surface area contributed by atoms with Crippen LogP contribution in [-0.4, -0.2) is 42.6 Å². The molecule has 0 aliphatic rings. The highest BCUT2D eigenvalue weighted by molar-refractivity contribution is 7.79. The molecule has 162 valence electrons. The first-order valence-corrected chi connectivity index (χ1v) is 10.7. The Kier molecular flexibility index (Phi) is 8.47. The molecule has 0 aliphatic carbocycles. The maximum absolute atomic E-state index is 11.5. The van der Waals surface area contributed by atoms with Gasteiger partial charge in [-0.2, -0.15) is 0 Å². The highest BCUT2D eigenvalue weighted by Gasteiger charge is 2.13. The van der Waals surface area contributed by atoms with Crippen molar-refractivity contribution in [1.82, 2.24) is 0 Å². The number of rotatable bonds is 9. The fraction of sp³-hybridized carbons (Fsp3) is 0.222. The Morgan fingerprint density at radius 2 is 1.17 bits per heavy atom. The van der Waals surface area contributed by atoms with Crippen LogP contribution in [0.5, 0.6) is 11.5 Å². The average Bonchev–Trinajstić information content (AvgIpc) is 2.65. The minimum Gasteiger partial charge on any atom is -0.489 e. The predicted octanol–water partition coefficient (Wildman–Crippen LogP) is 2.22. The Labute approximate surface area is 177 Å². The van der Waals surface area contributed by atoms with Crippen LogP contribution in [0.4, 0.5) is 11.4 Å². The standard InChI is InChI=1S/C18H20N2O8S2/c1-11(21)19-13-3-5-15(17(9-13)29(23)24)27-7-8-28-16-6-4-14(20-12(2)22)10-18(16)30(25)26/h3-6,9-10H,7-8H2,1-2H3,(H,19,21)(H,20,22)(H,23,24)(H,25,26). The summed E-state index contributed by atoms with van der Waals surface area (Å²) in [6.45, 7) is 2.56.